The molecule has 0 radical (unpaired) electrons. The van der Waals surface area contributed by atoms with Gasteiger partial charge in [0.25, 0.3) is 15.9 Å². The number of likely N-dealkylation sites (N-methyl/N-ethyl adjacent to an activating group) is 2. The first kappa shape index (κ1) is 31.5. The van der Waals surface area contributed by atoms with Crippen molar-refractivity contribution < 1.29 is 23.1 Å². The SMILES string of the molecule is COc1cc(-c2cnc3c(c2)c(-c2ccc(C(=O)N(C)C[C@H](C)O)cc2)cn3S(=O)(=O)c2ccc(C)cc2)cc2c1CN(C)CC2. The number of aliphatic hydroxyl groups is 1. The van der Waals surface area contributed by atoms with Gasteiger partial charge in [-0.25, -0.2) is 17.4 Å². The molecule has 0 saturated carbocycles. The standard InChI is InChI=1S/C36H38N4O5S/c1-23-6-12-30(13-7-23)46(43,44)40-22-32(25-8-10-26(11-9-25)36(42)39(4)20-24(2)41)31-17-29(19-37-35(31)40)28-16-27-14-15-38(3)21-33(27)34(18-28)45-5/h6-13,16-19,22,24,41H,14-15,20-21H2,1-5H3/t24-/m0/s1. The van der Waals surface area contributed by atoms with Crippen molar-refractivity contribution in [3.63, 3.8) is 0 Å². The molecule has 3 heterocycles. The first-order chi connectivity index (χ1) is 22.0. The molecule has 1 N–H and O–H groups in total. The summed E-state index contributed by atoms with van der Waals surface area (Å²) < 4.78 is 35.0. The van der Waals surface area contributed by atoms with Crippen LogP contribution < -0.4 is 4.74 Å². The van der Waals surface area contributed by atoms with Gasteiger partial charge < -0.3 is 19.6 Å². The number of nitrogens with zero attached hydrogens (tertiary/aromatic N) is 4. The number of carbonyl (C=O) groups is 1. The lowest BCUT2D eigenvalue weighted by molar-refractivity contribution is 0.0703. The molecule has 0 unspecified atom stereocenters. The van der Waals surface area contributed by atoms with Gasteiger partial charge in [-0.15, -0.1) is 0 Å². The Bertz CT molecular complexity index is 2020. The third kappa shape index (κ3) is 5.91. The number of amides is 1. The number of aryl methyl sites for hydroxylation is 1. The summed E-state index contributed by atoms with van der Waals surface area (Å²) in [6, 6.07) is 20.0. The van der Waals surface area contributed by atoms with Gasteiger partial charge in [0, 0.05) is 66.7 Å². The Morgan fingerprint density at radius 1 is 1.04 bits per heavy atom. The maximum absolute atomic E-state index is 14.0. The monoisotopic (exact) mass is 638 g/mol. The molecule has 1 aliphatic rings. The maximum atomic E-state index is 14.0. The Morgan fingerprint density at radius 3 is 2.43 bits per heavy atom. The average Bonchev–Trinajstić information content (AvgIpc) is 3.43. The van der Waals surface area contributed by atoms with Crippen molar-refractivity contribution in [3.05, 3.63) is 101 Å². The fourth-order valence-electron chi connectivity index (χ4n) is 6.08. The van der Waals surface area contributed by atoms with Crippen LogP contribution in [0, 0.1) is 6.92 Å². The highest BCUT2D eigenvalue weighted by Crippen LogP contribution is 2.38. The fraction of sp³-hybridized carbons (Fsp3) is 0.278. The highest BCUT2D eigenvalue weighted by Gasteiger charge is 2.25. The summed E-state index contributed by atoms with van der Waals surface area (Å²) in [5.74, 6) is 0.605. The van der Waals surface area contributed by atoms with E-state index >= 15 is 0 Å². The van der Waals surface area contributed by atoms with Gasteiger partial charge in [-0.3, -0.25) is 4.79 Å². The lowest BCUT2D eigenvalue weighted by Crippen LogP contribution is -2.32. The van der Waals surface area contributed by atoms with Crippen LogP contribution in [-0.2, 0) is 23.0 Å². The number of rotatable bonds is 8. The molecule has 9 nitrogen and oxygen atoms in total. The summed E-state index contributed by atoms with van der Waals surface area (Å²) >= 11 is 0. The van der Waals surface area contributed by atoms with Crippen LogP contribution in [0.25, 0.3) is 33.3 Å². The quantitative estimate of drug-likeness (QED) is 0.244. The minimum atomic E-state index is -3.97. The van der Waals surface area contributed by atoms with Gasteiger partial charge in [0.05, 0.1) is 18.1 Å². The second-order valence-corrected chi connectivity index (χ2v) is 14.0. The zero-order valence-electron chi connectivity index (χ0n) is 26.7. The summed E-state index contributed by atoms with van der Waals surface area (Å²) in [5, 5.41) is 10.4. The van der Waals surface area contributed by atoms with Crippen molar-refractivity contribution in [2.45, 2.75) is 37.8 Å². The normalized spacial score (nSPS) is 14.2. The number of carbonyl (C=O) groups excluding carboxylic acids is 1. The van der Waals surface area contributed by atoms with E-state index in [1.54, 1.807) is 69.9 Å². The number of aromatic nitrogens is 2. The van der Waals surface area contributed by atoms with E-state index in [1.165, 1.54) is 20.0 Å². The van der Waals surface area contributed by atoms with E-state index in [4.69, 9.17) is 9.72 Å². The van der Waals surface area contributed by atoms with Gasteiger partial charge in [0.2, 0.25) is 0 Å². The van der Waals surface area contributed by atoms with Crippen LogP contribution in [0.15, 0.2) is 84.0 Å². The topological polar surface area (TPSA) is 105 Å². The molecule has 6 rings (SSSR count). The first-order valence-electron chi connectivity index (χ1n) is 15.2. The van der Waals surface area contributed by atoms with E-state index in [0.717, 1.165) is 47.5 Å². The Balaban J connectivity index is 1.49. The van der Waals surface area contributed by atoms with Crippen molar-refractivity contribution >= 4 is 27.0 Å². The Morgan fingerprint density at radius 2 is 1.76 bits per heavy atom. The van der Waals surface area contributed by atoms with Crippen LogP contribution in [0.2, 0.25) is 0 Å². The Labute approximate surface area is 269 Å². The summed E-state index contributed by atoms with van der Waals surface area (Å²) in [5.41, 5.74) is 7.33. The Kier molecular flexibility index (Phi) is 8.45. The molecule has 1 atom stereocenters. The summed E-state index contributed by atoms with van der Waals surface area (Å²) in [4.78, 5) is 21.6. The predicted molar refractivity (Wildman–Crippen MR) is 180 cm³/mol. The number of hydrogen-bond donors (Lipinski definition) is 1. The largest absolute Gasteiger partial charge is 0.496 e. The van der Waals surface area contributed by atoms with Gasteiger partial charge >= 0.3 is 0 Å². The molecule has 0 spiro atoms. The van der Waals surface area contributed by atoms with E-state index in [9.17, 15) is 18.3 Å². The van der Waals surface area contributed by atoms with Gasteiger partial charge in [-0.2, -0.15) is 0 Å². The molecule has 0 fully saturated rings. The van der Waals surface area contributed by atoms with Crippen LogP contribution in [0.3, 0.4) is 0 Å². The molecule has 0 saturated heterocycles. The summed E-state index contributed by atoms with van der Waals surface area (Å²) in [6.45, 7) is 5.52. The van der Waals surface area contributed by atoms with Gasteiger partial charge in [-0.1, -0.05) is 35.9 Å². The Hall–Kier alpha value is -4.51. The number of fused-ring (bicyclic) bond motifs is 2. The molecule has 3 aromatic carbocycles. The van der Waals surface area contributed by atoms with Crippen molar-refractivity contribution in [2.75, 3.05) is 34.3 Å². The van der Waals surface area contributed by atoms with Gasteiger partial charge in [0.15, 0.2) is 5.65 Å². The molecule has 2 aromatic heterocycles. The molecule has 1 amide bonds. The van der Waals surface area contributed by atoms with E-state index in [1.807, 2.05) is 31.2 Å². The molecular weight excluding hydrogens is 600 g/mol. The van der Waals surface area contributed by atoms with Gasteiger partial charge in [0.1, 0.15) is 5.75 Å². The molecule has 0 bridgehead atoms. The zero-order chi connectivity index (χ0) is 32.7. The summed E-state index contributed by atoms with van der Waals surface area (Å²) in [6.07, 6.45) is 3.58. The molecule has 5 aromatic rings. The van der Waals surface area contributed by atoms with Crippen LogP contribution >= 0.6 is 0 Å². The number of pyridine rings is 1. The molecule has 1 aliphatic heterocycles. The zero-order valence-corrected chi connectivity index (χ0v) is 27.5. The smallest absolute Gasteiger partial charge is 0.269 e. The minimum Gasteiger partial charge on any atom is -0.496 e. The van der Waals surface area contributed by atoms with Crippen LogP contribution in [0.4, 0.5) is 0 Å². The fourth-order valence-corrected chi connectivity index (χ4v) is 7.41. The molecular formula is C36H38N4O5S. The maximum Gasteiger partial charge on any atom is 0.269 e. The van der Waals surface area contributed by atoms with E-state index in [-0.39, 0.29) is 17.3 Å². The highest BCUT2D eigenvalue weighted by atomic mass is 32.2. The third-order valence-corrected chi connectivity index (χ3v) is 10.2. The van der Waals surface area contributed by atoms with Crippen molar-refractivity contribution in [3.8, 4) is 28.0 Å². The van der Waals surface area contributed by atoms with Crippen molar-refractivity contribution in [1.82, 2.24) is 18.8 Å². The average molecular weight is 639 g/mol. The molecule has 10 heteroatoms. The minimum absolute atomic E-state index is 0.166. The first-order valence-corrected chi connectivity index (χ1v) is 16.7. The molecule has 238 valence electrons. The number of aliphatic hydroxyl groups excluding tert-OH is 1. The van der Waals surface area contributed by atoms with Crippen LogP contribution in [0.1, 0.15) is 34.0 Å². The predicted octanol–water partition coefficient (Wildman–Crippen LogP) is 5.37. The van der Waals surface area contributed by atoms with Crippen LogP contribution in [-0.4, -0.2) is 78.6 Å². The molecule has 0 aliphatic carbocycles. The number of methoxy groups -OCH3 is 1. The number of ether oxygens (including phenoxy) is 1. The van der Waals surface area contributed by atoms with Gasteiger partial charge in [-0.05, 0) is 80.4 Å². The van der Waals surface area contributed by atoms with E-state index < -0.39 is 16.1 Å². The van der Waals surface area contributed by atoms with Crippen molar-refractivity contribution in [2.24, 2.45) is 0 Å². The van der Waals surface area contributed by atoms with E-state index in [2.05, 4.69) is 18.0 Å². The molecule has 46 heavy (non-hydrogen) atoms. The second kappa shape index (κ2) is 12.4. The number of benzene rings is 3. The second-order valence-electron chi connectivity index (χ2n) is 12.2. The van der Waals surface area contributed by atoms with E-state index in [0.29, 0.717) is 22.2 Å². The third-order valence-electron chi connectivity index (χ3n) is 8.56. The lowest BCUT2D eigenvalue weighted by atomic mass is 9.93. The van der Waals surface area contributed by atoms with Crippen molar-refractivity contribution in [1.29, 1.82) is 0 Å². The van der Waals surface area contributed by atoms with Crippen LogP contribution in [0.5, 0.6) is 5.75 Å². The summed E-state index contributed by atoms with van der Waals surface area (Å²) in [7, 11) is 1.45. The lowest BCUT2D eigenvalue weighted by Gasteiger charge is -2.27. The number of hydrogen-bond acceptors (Lipinski definition) is 7. The highest BCUT2D eigenvalue weighted by molar-refractivity contribution is 7.90.